The molecule has 1 aromatic rings. The predicted octanol–water partition coefficient (Wildman–Crippen LogP) is 0.975. The molecular weight excluding hydrogens is 402 g/mol. The first-order valence-electron chi connectivity index (χ1n) is 11.4. The number of sulfonamides is 1. The van der Waals surface area contributed by atoms with Gasteiger partial charge in [0.15, 0.2) is 0 Å². The number of hydrogen-bond acceptors (Lipinski definition) is 7. The third-order valence-electron chi connectivity index (χ3n) is 7.43. The zero-order valence-electron chi connectivity index (χ0n) is 17.5. The Kier molecular flexibility index (Phi) is 4.60. The van der Waals surface area contributed by atoms with Crippen molar-refractivity contribution >= 4 is 16.0 Å². The van der Waals surface area contributed by atoms with Crippen LogP contribution in [0.25, 0.3) is 0 Å². The third-order valence-corrected chi connectivity index (χ3v) is 9.72. The summed E-state index contributed by atoms with van der Waals surface area (Å²) in [5.41, 5.74) is 1.88. The smallest absolute Gasteiger partial charge is 0.225 e. The minimum atomic E-state index is -3.22. The van der Waals surface area contributed by atoms with Gasteiger partial charge in [-0.3, -0.25) is 0 Å². The van der Waals surface area contributed by atoms with E-state index in [9.17, 15) is 8.42 Å². The highest BCUT2D eigenvalue weighted by atomic mass is 32.2. The number of anilines is 1. The Labute approximate surface area is 178 Å². The first-order valence-corrected chi connectivity index (χ1v) is 12.9. The maximum Gasteiger partial charge on any atom is 0.225 e. The van der Waals surface area contributed by atoms with Crippen LogP contribution < -0.4 is 4.90 Å². The normalized spacial score (nSPS) is 30.7. The number of likely N-dealkylation sites (tertiary alicyclic amines) is 1. The van der Waals surface area contributed by atoms with E-state index in [1.807, 2.05) is 6.20 Å². The van der Waals surface area contributed by atoms with E-state index >= 15 is 0 Å². The zero-order valence-corrected chi connectivity index (χ0v) is 18.3. The van der Waals surface area contributed by atoms with Gasteiger partial charge in [0.2, 0.25) is 16.0 Å². The zero-order chi connectivity index (χ0) is 20.3. The molecule has 6 rings (SSSR count). The van der Waals surface area contributed by atoms with Crippen LogP contribution in [0.3, 0.4) is 0 Å². The van der Waals surface area contributed by atoms with Crippen LogP contribution in [0.1, 0.15) is 43.4 Å². The van der Waals surface area contributed by atoms with Crippen molar-refractivity contribution in [2.24, 2.45) is 5.92 Å². The van der Waals surface area contributed by atoms with Crippen molar-refractivity contribution in [2.75, 3.05) is 57.4 Å². The average Bonchev–Trinajstić information content (AvgIpc) is 3.68. The van der Waals surface area contributed by atoms with Gasteiger partial charge < -0.3 is 14.5 Å². The van der Waals surface area contributed by atoms with E-state index in [-0.39, 0.29) is 10.7 Å². The highest BCUT2D eigenvalue weighted by Crippen LogP contribution is 2.44. The molecule has 3 aliphatic heterocycles. The number of nitrogens with zero attached hydrogens (tertiary/aromatic N) is 5. The van der Waals surface area contributed by atoms with Crippen molar-refractivity contribution in [1.82, 2.24) is 19.2 Å². The molecule has 4 heterocycles. The van der Waals surface area contributed by atoms with Crippen molar-refractivity contribution in [3.8, 4) is 0 Å². The summed E-state index contributed by atoms with van der Waals surface area (Å²) in [5, 5.41) is -0.173. The van der Waals surface area contributed by atoms with Crippen molar-refractivity contribution in [3.63, 3.8) is 0 Å². The second-order valence-electron chi connectivity index (χ2n) is 9.86. The number of fused-ring (bicyclic) bond motifs is 2. The molecule has 0 radical (unpaired) electrons. The monoisotopic (exact) mass is 433 g/mol. The van der Waals surface area contributed by atoms with Crippen molar-refractivity contribution in [2.45, 2.75) is 49.3 Å². The molecular formula is C21H31N5O3S. The van der Waals surface area contributed by atoms with Gasteiger partial charge in [-0.15, -0.1) is 0 Å². The van der Waals surface area contributed by atoms with Gasteiger partial charge in [0.25, 0.3) is 0 Å². The Morgan fingerprint density at radius 1 is 1.10 bits per heavy atom. The fourth-order valence-electron chi connectivity index (χ4n) is 5.41. The fourth-order valence-corrected chi connectivity index (χ4v) is 7.30. The summed E-state index contributed by atoms with van der Waals surface area (Å²) in [4.78, 5) is 14.5. The van der Waals surface area contributed by atoms with E-state index in [4.69, 9.17) is 9.72 Å². The van der Waals surface area contributed by atoms with Gasteiger partial charge >= 0.3 is 0 Å². The van der Waals surface area contributed by atoms with Crippen molar-refractivity contribution < 1.29 is 13.2 Å². The number of ether oxygens (including phenoxy) is 1. The molecule has 5 aliphatic rings. The predicted molar refractivity (Wildman–Crippen MR) is 113 cm³/mol. The molecule has 4 fully saturated rings. The Bertz CT molecular complexity index is 927. The van der Waals surface area contributed by atoms with Crippen molar-refractivity contribution in [3.05, 3.63) is 17.5 Å². The number of aromatic nitrogens is 2. The maximum atomic E-state index is 13.1. The highest BCUT2D eigenvalue weighted by molar-refractivity contribution is 7.90. The molecule has 30 heavy (non-hydrogen) atoms. The van der Waals surface area contributed by atoms with Crippen LogP contribution in [0.15, 0.2) is 6.20 Å². The molecule has 0 bridgehead atoms. The Balaban J connectivity index is 1.35. The Hall–Kier alpha value is -1.29. The van der Waals surface area contributed by atoms with Crippen LogP contribution in [0.5, 0.6) is 0 Å². The van der Waals surface area contributed by atoms with Gasteiger partial charge in [0.05, 0.1) is 24.2 Å². The van der Waals surface area contributed by atoms with E-state index in [0.717, 1.165) is 75.1 Å². The first-order chi connectivity index (χ1) is 14.5. The van der Waals surface area contributed by atoms with Crippen LogP contribution in [0.2, 0.25) is 0 Å². The van der Waals surface area contributed by atoms with Gasteiger partial charge in [-0.2, -0.15) is 4.31 Å². The molecule has 0 amide bonds. The molecule has 1 spiro atoms. The topological polar surface area (TPSA) is 78.9 Å². The molecule has 0 N–H and O–H groups in total. The largest absolute Gasteiger partial charge is 0.378 e. The SMILES string of the molecule is O=S(=O)(C1CC1)N1Cc2cnc(N3CCOCC3)nc2[C@@]2(CCN(CC3CC3)C2)C1. The quantitative estimate of drug-likeness (QED) is 0.685. The summed E-state index contributed by atoms with van der Waals surface area (Å²) in [7, 11) is -3.22. The van der Waals surface area contributed by atoms with Gasteiger partial charge in [-0.05, 0) is 44.6 Å². The van der Waals surface area contributed by atoms with Gasteiger partial charge in [-0.25, -0.2) is 18.4 Å². The third kappa shape index (κ3) is 3.43. The van der Waals surface area contributed by atoms with E-state index in [0.29, 0.717) is 26.3 Å². The van der Waals surface area contributed by atoms with Crippen LogP contribution in [-0.4, -0.2) is 85.3 Å². The lowest BCUT2D eigenvalue weighted by atomic mass is 9.79. The van der Waals surface area contributed by atoms with E-state index < -0.39 is 10.0 Å². The molecule has 8 nitrogen and oxygen atoms in total. The van der Waals surface area contributed by atoms with Gasteiger partial charge in [0.1, 0.15) is 0 Å². The number of hydrogen-bond donors (Lipinski definition) is 0. The second kappa shape index (κ2) is 7.12. The molecule has 0 unspecified atom stereocenters. The van der Waals surface area contributed by atoms with Gasteiger partial charge in [-0.1, -0.05) is 0 Å². The summed E-state index contributed by atoms with van der Waals surface area (Å²) in [5.74, 6) is 1.61. The number of morpholine rings is 1. The van der Waals surface area contributed by atoms with E-state index in [2.05, 4.69) is 14.8 Å². The molecule has 0 aromatic carbocycles. The van der Waals surface area contributed by atoms with Crippen LogP contribution in [0.4, 0.5) is 5.95 Å². The molecule has 1 aromatic heterocycles. The number of rotatable bonds is 5. The molecule has 1 atom stereocenters. The average molecular weight is 434 g/mol. The van der Waals surface area contributed by atoms with E-state index in [1.54, 1.807) is 4.31 Å². The summed E-state index contributed by atoms with van der Waals surface area (Å²) >= 11 is 0. The molecule has 9 heteroatoms. The standard InChI is InChI=1S/C21H31N5O3S/c27-30(28,18-3-4-18)26-13-17-11-22-20(25-7-9-29-10-8-25)23-19(17)21(15-26)5-6-24(14-21)12-16-1-2-16/h11,16,18H,1-10,12-15H2/t21-/m1/s1. The Morgan fingerprint density at radius 3 is 2.63 bits per heavy atom. The summed E-state index contributed by atoms with van der Waals surface area (Å²) in [6.45, 7) is 7.10. The summed E-state index contributed by atoms with van der Waals surface area (Å²) in [6.07, 6.45) is 7.16. The Morgan fingerprint density at radius 2 is 1.90 bits per heavy atom. The fraction of sp³-hybridized carbons (Fsp3) is 0.810. The van der Waals surface area contributed by atoms with Crippen molar-refractivity contribution in [1.29, 1.82) is 0 Å². The minimum Gasteiger partial charge on any atom is -0.378 e. The molecule has 164 valence electrons. The molecule has 2 saturated carbocycles. The van der Waals surface area contributed by atoms with Crippen LogP contribution >= 0.6 is 0 Å². The minimum absolute atomic E-state index is 0.173. The lowest BCUT2D eigenvalue weighted by Crippen LogP contribution is -2.51. The van der Waals surface area contributed by atoms with Crippen LogP contribution in [0, 0.1) is 5.92 Å². The maximum absolute atomic E-state index is 13.1. The van der Waals surface area contributed by atoms with E-state index in [1.165, 1.54) is 12.8 Å². The van der Waals surface area contributed by atoms with Crippen LogP contribution in [-0.2, 0) is 26.7 Å². The first kappa shape index (κ1) is 19.4. The highest BCUT2D eigenvalue weighted by Gasteiger charge is 2.51. The van der Waals surface area contributed by atoms with Gasteiger partial charge in [0, 0.05) is 56.4 Å². The molecule has 2 saturated heterocycles. The summed E-state index contributed by atoms with van der Waals surface area (Å²) in [6, 6.07) is 0. The summed E-state index contributed by atoms with van der Waals surface area (Å²) < 4.78 is 33.5. The molecule has 2 aliphatic carbocycles. The second-order valence-corrected chi connectivity index (χ2v) is 12.1. The lowest BCUT2D eigenvalue weighted by molar-refractivity contribution is 0.122. The lowest BCUT2D eigenvalue weighted by Gasteiger charge is -2.41.